The Morgan fingerprint density at radius 3 is 2.53 bits per heavy atom. The quantitative estimate of drug-likeness (QED) is 0.546. The first-order valence-electron chi connectivity index (χ1n) is 5.39. The van der Waals surface area contributed by atoms with Crippen LogP contribution in [-0.4, -0.2) is 5.91 Å². The third kappa shape index (κ3) is 3.30. The first kappa shape index (κ1) is 14.0. The molecule has 0 atom stereocenters. The van der Waals surface area contributed by atoms with E-state index in [-0.39, 0.29) is 5.91 Å². The highest BCUT2D eigenvalue weighted by Crippen LogP contribution is 2.24. The van der Waals surface area contributed by atoms with Crippen LogP contribution in [-0.2, 0) is 0 Å². The van der Waals surface area contributed by atoms with Crippen LogP contribution < -0.4 is 16.8 Å². The number of amides is 1. The summed E-state index contributed by atoms with van der Waals surface area (Å²) in [7, 11) is 0. The largest absolute Gasteiger partial charge is 0.399 e. The lowest BCUT2D eigenvalue weighted by atomic mass is 10.1. The lowest BCUT2D eigenvalue weighted by Gasteiger charge is -2.10. The molecule has 2 aromatic rings. The van der Waals surface area contributed by atoms with Gasteiger partial charge in [0.05, 0.1) is 11.3 Å². The van der Waals surface area contributed by atoms with Crippen molar-refractivity contribution in [2.45, 2.75) is 0 Å². The second kappa shape index (κ2) is 5.66. The molecule has 6 heteroatoms. The van der Waals surface area contributed by atoms with Crippen LogP contribution in [0.5, 0.6) is 0 Å². The molecule has 2 aromatic carbocycles. The van der Waals surface area contributed by atoms with Crippen molar-refractivity contribution in [1.82, 2.24) is 0 Å². The van der Waals surface area contributed by atoms with E-state index in [1.165, 1.54) is 0 Å². The Labute approximate surface area is 129 Å². The fourth-order valence-corrected chi connectivity index (χ4v) is 2.57. The number of anilines is 3. The monoisotopic (exact) mass is 387 g/mol. The topological polar surface area (TPSA) is 81.1 Å². The minimum atomic E-state index is -0.280. The van der Waals surface area contributed by atoms with E-state index >= 15 is 0 Å². The highest BCUT2D eigenvalue weighted by Gasteiger charge is 2.11. The zero-order chi connectivity index (χ0) is 14.0. The van der Waals surface area contributed by atoms with Crippen LogP contribution in [0.25, 0.3) is 0 Å². The molecule has 4 nitrogen and oxygen atoms in total. The smallest absolute Gasteiger partial charge is 0.257 e. The standard InChI is InChI=1S/C13H11ClIN3O/c14-7-1-4-12(10(15)5-7)18-13(19)9-3-2-8(16)6-11(9)17/h1-6H,16-17H2,(H,18,19). The predicted molar refractivity (Wildman–Crippen MR) is 87.4 cm³/mol. The molecule has 0 saturated heterocycles. The molecule has 1 amide bonds. The number of hydrogen-bond donors (Lipinski definition) is 3. The van der Waals surface area contributed by atoms with Gasteiger partial charge in [-0.1, -0.05) is 11.6 Å². The third-order valence-corrected chi connectivity index (χ3v) is 3.63. The summed E-state index contributed by atoms with van der Waals surface area (Å²) >= 11 is 7.96. The number of hydrogen-bond acceptors (Lipinski definition) is 3. The Bertz CT molecular complexity index is 646. The molecule has 0 fully saturated rings. The molecule has 0 saturated carbocycles. The molecule has 0 aliphatic carbocycles. The van der Waals surface area contributed by atoms with Crippen LogP contribution >= 0.6 is 34.2 Å². The lowest BCUT2D eigenvalue weighted by Crippen LogP contribution is -2.15. The summed E-state index contributed by atoms with van der Waals surface area (Å²) in [4.78, 5) is 12.1. The number of nitrogen functional groups attached to an aromatic ring is 2. The van der Waals surface area contributed by atoms with Crippen molar-refractivity contribution in [1.29, 1.82) is 0 Å². The SMILES string of the molecule is Nc1ccc(C(=O)Nc2ccc(Cl)cc2I)c(N)c1. The maximum Gasteiger partial charge on any atom is 0.257 e. The van der Waals surface area contributed by atoms with E-state index in [9.17, 15) is 4.79 Å². The molecule has 0 aromatic heterocycles. The Balaban J connectivity index is 2.25. The van der Waals surface area contributed by atoms with Crippen LogP contribution in [0.3, 0.4) is 0 Å². The normalized spacial score (nSPS) is 10.2. The van der Waals surface area contributed by atoms with Gasteiger partial charge in [0.25, 0.3) is 5.91 Å². The van der Waals surface area contributed by atoms with Gasteiger partial charge in [0, 0.05) is 20.0 Å². The summed E-state index contributed by atoms with van der Waals surface area (Å²) < 4.78 is 0.854. The minimum absolute atomic E-state index is 0.280. The van der Waals surface area contributed by atoms with Gasteiger partial charge < -0.3 is 16.8 Å². The summed E-state index contributed by atoms with van der Waals surface area (Å²) in [6, 6.07) is 10.0. The van der Waals surface area contributed by atoms with Crippen LogP contribution in [0.15, 0.2) is 36.4 Å². The molecule has 0 heterocycles. The molecule has 0 radical (unpaired) electrons. The van der Waals surface area contributed by atoms with Gasteiger partial charge >= 0.3 is 0 Å². The number of carbonyl (C=O) groups excluding carboxylic acids is 1. The number of rotatable bonds is 2. The maximum absolute atomic E-state index is 12.1. The van der Waals surface area contributed by atoms with Crippen molar-refractivity contribution in [3.05, 3.63) is 50.6 Å². The van der Waals surface area contributed by atoms with Gasteiger partial charge in [-0.25, -0.2) is 0 Å². The fourth-order valence-electron chi connectivity index (χ4n) is 1.57. The molecule has 98 valence electrons. The van der Waals surface area contributed by atoms with E-state index in [0.717, 1.165) is 3.57 Å². The fraction of sp³-hybridized carbons (Fsp3) is 0. The van der Waals surface area contributed by atoms with Crippen LogP contribution in [0, 0.1) is 3.57 Å². The second-order valence-corrected chi connectivity index (χ2v) is 5.52. The molecule has 19 heavy (non-hydrogen) atoms. The summed E-state index contributed by atoms with van der Waals surface area (Å²) in [6.07, 6.45) is 0. The van der Waals surface area contributed by atoms with Crippen molar-refractivity contribution < 1.29 is 4.79 Å². The number of carbonyl (C=O) groups is 1. The lowest BCUT2D eigenvalue weighted by molar-refractivity contribution is 0.102. The number of nitrogens with one attached hydrogen (secondary N) is 1. The van der Waals surface area contributed by atoms with Crippen LogP contribution in [0.2, 0.25) is 5.02 Å². The van der Waals surface area contributed by atoms with Crippen molar-refractivity contribution in [2.24, 2.45) is 0 Å². The zero-order valence-corrected chi connectivity index (χ0v) is 12.7. The molecule has 0 unspecified atom stereocenters. The third-order valence-electron chi connectivity index (χ3n) is 2.50. The molecular weight excluding hydrogens is 377 g/mol. The Hall–Kier alpha value is -1.47. The molecule has 0 aliphatic rings. The van der Waals surface area contributed by atoms with Gasteiger partial charge in [-0.3, -0.25) is 4.79 Å². The van der Waals surface area contributed by atoms with Crippen LogP contribution in [0.4, 0.5) is 17.1 Å². The minimum Gasteiger partial charge on any atom is -0.399 e. The Morgan fingerprint density at radius 2 is 1.89 bits per heavy atom. The first-order chi connectivity index (χ1) is 8.97. The highest BCUT2D eigenvalue weighted by atomic mass is 127. The van der Waals surface area contributed by atoms with Crippen molar-refractivity contribution in [2.75, 3.05) is 16.8 Å². The zero-order valence-electron chi connectivity index (χ0n) is 9.78. The van der Waals surface area contributed by atoms with Crippen molar-refractivity contribution >= 4 is 57.2 Å². The van der Waals surface area contributed by atoms with Crippen molar-refractivity contribution in [3.63, 3.8) is 0 Å². The van der Waals surface area contributed by atoms with E-state index in [0.29, 0.717) is 27.6 Å². The number of benzene rings is 2. The summed E-state index contributed by atoms with van der Waals surface area (Å²) in [5, 5.41) is 3.41. The molecule has 5 N–H and O–H groups in total. The number of halogens is 2. The highest BCUT2D eigenvalue weighted by molar-refractivity contribution is 14.1. The van der Waals surface area contributed by atoms with E-state index in [4.69, 9.17) is 23.1 Å². The van der Waals surface area contributed by atoms with Gasteiger partial charge in [-0.15, -0.1) is 0 Å². The van der Waals surface area contributed by atoms with Gasteiger partial charge in [-0.2, -0.15) is 0 Å². The second-order valence-electron chi connectivity index (χ2n) is 3.92. The summed E-state index contributed by atoms with van der Waals surface area (Å²) in [5.41, 5.74) is 13.3. The van der Waals surface area contributed by atoms with E-state index in [1.807, 2.05) is 0 Å². The Kier molecular flexibility index (Phi) is 4.16. The van der Waals surface area contributed by atoms with E-state index in [2.05, 4.69) is 27.9 Å². The summed E-state index contributed by atoms with van der Waals surface area (Å²) in [6.45, 7) is 0. The summed E-state index contributed by atoms with van der Waals surface area (Å²) in [5.74, 6) is -0.280. The average molecular weight is 388 g/mol. The van der Waals surface area contributed by atoms with Gasteiger partial charge in [0.1, 0.15) is 0 Å². The van der Waals surface area contributed by atoms with E-state index < -0.39 is 0 Å². The van der Waals surface area contributed by atoms with Gasteiger partial charge in [-0.05, 0) is 59.0 Å². The Morgan fingerprint density at radius 1 is 1.16 bits per heavy atom. The molecule has 0 bridgehead atoms. The average Bonchev–Trinajstić information content (AvgIpc) is 2.32. The number of nitrogens with two attached hydrogens (primary N) is 2. The molecule has 2 rings (SSSR count). The van der Waals surface area contributed by atoms with Crippen LogP contribution in [0.1, 0.15) is 10.4 Å². The molecule has 0 spiro atoms. The van der Waals surface area contributed by atoms with Gasteiger partial charge in [0.15, 0.2) is 0 Å². The first-order valence-corrected chi connectivity index (χ1v) is 6.84. The van der Waals surface area contributed by atoms with E-state index in [1.54, 1.807) is 36.4 Å². The van der Waals surface area contributed by atoms with Gasteiger partial charge in [0.2, 0.25) is 0 Å². The predicted octanol–water partition coefficient (Wildman–Crippen LogP) is 3.36. The molecule has 0 aliphatic heterocycles. The molecular formula is C13H11ClIN3O. The van der Waals surface area contributed by atoms with Crippen molar-refractivity contribution in [3.8, 4) is 0 Å². The maximum atomic E-state index is 12.1.